The van der Waals surface area contributed by atoms with Crippen LogP contribution in [0.2, 0.25) is 0 Å². The highest BCUT2D eigenvalue weighted by atomic mass is 32.1. The molecule has 116 valence electrons. The van der Waals surface area contributed by atoms with Gasteiger partial charge >= 0.3 is 0 Å². The van der Waals surface area contributed by atoms with Crippen LogP contribution in [0, 0.1) is 0 Å². The second kappa shape index (κ2) is 6.75. The van der Waals surface area contributed by atoms with Crippen molar-refractivity contribution in [1.82, 2.24) is 4.98 Å². The fraction of sp³-hybridized carbons (Fsp3) is 0. The zero-order chi connectivity index (χ0) is 16.1. The van der Waals surface area contributed by atoms with Gasteiger partial charge in [0.2, 0.25) is 0 Å². The number of phenols is 2. The van der Waals surface area contributed by atoms with Gasteiger partial charge in [0, 0.05) is 17.6 Å². The van der Waals surface area contributed by atoms with Gasteiger partial charge in [-0.2, -0.15) is 0 Å². The average Bonchev–Trinajstić information content (AvgIpc) is 3.06. The normalized spacial score (nSPS) is 10.8. The van der Waals surface area contributed by atoms with E-state index in [1.165, 1.54) is 29.5 Å². The van der Waals surface area contributed by atoms with Crippen LogP contribution in [-0.2, 0) is 0 Å². The first-order chi connectivity index (χ1) is 11.2. The second-order valence-electron chi connectivity index (χ2n) is 4.33. The van der Waals surface area contributed by atoms with Gasteiger partial charge in [0.25, 0.3) is 0 Å². The molecule has 0 amide bonds. The van der Waals surface area contributed by atoms with Crippen molar-refractivity contribution in [2.45, 2.75) is 0 Å². The standard InChI is InChI=1S/C15H11N3O4S/c19-10-3-1-4-11(9-10)21-17-18-22-13-6-2-5-12(20)14(13)15-16-7-8-23-15/h1-9,19-20H. The van der Waals surface area contributed by atoms with E-state index in [9.17, 15) is 10.2 Å². The minimum Gasteiger partial charge on any atom is -0.508 e. The summed E-state index contributed by atoms with van der Waals surface area (Å²) in [6.45, 7) is 0. The van der Waals surface area contributed by atoms with E-state index in [4.69, 9.17) is 9.68 Å². The van der Waals surface area contributed by atoms with Crippen molar-refractivity contribution < 1.29 is 19.9 Å². The van der Waals surface area contributed by atoms with Gasteiger partial charge in [-0.25, -0.2) is 4.98 Å². The Balaban J connectivity index is 1.74. The zero-order valence-corrected chi connectivity index (χ0v) is 12.5. The van der Waals surface area contributed by atoms with Crippen LogP contribution in [0.4, 0.5) is 0 Å². The lowest BCUT2D eigenvalue weighted by Gasteiger charge is -2.05. The van der Waals surface area contributed by atoms with Crippen LogP contribution in [0.5, 0.6) is 23.0 Å². The third-order valence-corrected chi connectivity index (χ3v) is 3.58. The molecule has 23 heavy (non-hydrogen) atoms. The maximum absolute atomic E-state index is 9.98. The van der Waals surface area contributed by atoms with Crippen LogP contribution in [0.25, 0.3) is 10.6 Å². The molecule has 2 N–H and O–H groups in total. The monoisotopic (exact) mass is 329 g/mol. The molecule has 0 saturated carbocycles. The summed E-state index contributed by atoms with van der Waals surface area (Å²) in [5.74, 6) is 0.691. The lowest BCUT2D eigenvalue weighted by atomic mass is 10.2. The topological polar surface area (TPSA) is 96.5 Å². The van der Waals surface area contributed by atoms with Crippen molar-refractivity contribution in [3.8, 4) is 33.6 Å². The number of phenolic OH excluding ortho intramolecular Hbond substituents is 2. The van der Waals surface area contributed by atoms with E-state index in [1.807, 2.05) is 0 Å². The third kappa shape index (κ3) is 3.55. The largest absolute Gasteiger partial charge is 0.508 e. The molecule has 2 aromatic carbocycles. The molecule has 0 aliphatic heterocycles. The molecular weight excluding hydrogens is 318 g/mol. The van der Waals surface area contributed by atoms with E-state index in [0.717, 1.165) is 0 Å². The first-order valence-electron chi connectivity index (χ1n) is 6.49. The summed E-state index contributed by atoms with van der Waals surface area (Å²) in [7, 11) is 0. The van der Waals surface area contributed by atoms with Gasteiger partial charge in [-0.1, -0.05) is 12.1 Å². The molecule has 0 spiro atoms. The smallest absolute Gasteiger partial charge is 0.174 e. The summed E-state index contributed by atoms with van der Waals surface area (Å²) in [6, 6.07) is 10.9. The van der Waals surface area contributed by atoms with E-state index >= 15 is 0 Å². The minimum absolute atomic E-state index is 0.0292. The number of rotatable bonds is 5. The second-order valence-corrected chi connectivity index (χ2v) is 5.23. The molecule has 8 heteroatoms. The average molecular weight is 329 g/mol. The molecule has 0 atom stereocenters. The van der Waals surface area contributed by atoms with Gasteiger partial charge in [-0.05, 0) is 24.3 Å². The fourth-order valence-electron chi connectivity index (χ4n) is 1.82. The van der Waals surface area contributed by atoms with Gasteiger partial charge < -0.3 is 19.9 Å². The molecule has 0 saturated heterocycles. The molecule has 1 aromatic heterocycles. The predicted octanol–water partition coefficient (Wildman–Crippen LogP) is 3.96. The maximum atomic E-state index is 9.98. The van der Waals surface area contributed by atoms with Gasteiger partial charge in [0.15, 0.2) is 11.5 Å². The van der Waals surface area contributed by atoms with Crippen LogP contribution in [0.1, 0.15) is 0 Å². The summed E-state index contributed by atoms with van der Waals surface area (Å²) < 4.78 is 0. The van der Waals surface area contributed by atoms with Crippen molar-refractivity contribution in [3.63, 3.8) is 0 Å². The van der Waals surface area contributed by atoms with Crippen molar-refractivity contribution >= 4 is 11.3 Å². The third-order valence-electron chi connectivity index (χ3n) is 2.79. The summed E-state index contributed by atoms with van der Waals surface area (Å²) in [5, 5.41) is 28.6. The van der Waals surface area contributed by atoms with Crippen molar-refractivity contribution in [3.05, 3.63) is 54.0 Å². The zero-order valence-electron chi connectivity index (χ0n) is 11.7. The number of thiazole rings is 1. The first kappa shape index (κ1) is 14.8. The molecule has 0 aliphatic rings. The van der Waals surface area contributed by atoms with Crippen LogP contribution in [0.15, 0.2) is 64.6 Å². The molecule has 1 heterocycles. The molecule has 0 bridgehead atoms. The van der Waals surface area contributed by atoms with Crippen LogP contribution >= 0.6 is 11.3 Å². The summed E-state index contributed by atoms with van der Waals surface area (Å²) in [4.78, 5) is 14.3. The van der Waals surface area contributed by atoms with Crippen LogP contribution < -0.4 is 9.68 Å². The molecule has 0 radical (unpaired) electrons. The van der Waals surface area contributed by atoms with Gasteiger partial charge in [-0.15, -0.1) is 11.3 Å². The Morgan fingerprint density at radius 2 is 1.83 bits per heavy atom. The minimum atomic E-state index is 0.0292. The van der Waals surface area contributed by atoms with E-state index in [-0.39, 0.29) is 11.5 Å². The molecule has 0 unspecified atom stereocenters. The summed E-state index contributed by atoms with van der Waals surface area (Å²) >= 11 is 1.36. The number of hydrogen-bond donors (Lipinski definition) is 2. The summed E-state index contributed by atoms with van der Waals surface area (Å²) in [5.41, 5.74) is 0.429. The number of nitrogens with zero attached hydrogens (tertiary/aromatic N) is 3. The molecule has 7 nitrogen and oxygen atoms in total. The van der Waals surface area contributed by atoms with Gasteiger partial charge in [-0.3, -0.25) is 0 Å². The lowest BCUT2D eigenvalue weighted by Crippen LogP contribution is -1.89. The Hall–Kier alpha value is -3.13. The number of benzene rings is 2. The van der Waals surface area contributed by atoms with Gasteiger partial charge in [0.1, 0.15) is 16.5 Å². The Bertz CT molecular complexity index is 821. The quantitative estimate of drug-likeness (QED) is 0.545. The first-order valence-corrected chi connectivity index (χ1v) is 7.37. The molecule has 3 rings (SSSR count). The molecule has 0 aliphatic carbocycles. The highest BCUT2D eigenvalue weighted by Gasteiger charge is 2.14. The number of aromatic hydroxyl groups is 2. The Labute approximate surface area is 135 Å². The van der Waals surface area contributed by atoms with E-state index in [1.54, 1.807) is 35.8 Å². The predicted molar refractivity (Wildman–Crippen MR) is 83.4 cm³/mol. The highest BCUT2D eigenvalue weighted by molar-refractivity contribution is 7.13. The Morgan fingerprint density at radius 3 is 2.61 bits per heavy atom. The van der Waals surface area contributed by atoms with Crippen molar-refractivity contribution in [1.29, 1.82) is 0 Å². The molecular formula is C15H11N3O4S. The SMILES string of the molecule is Oc1cccc(ON=NOc2cccc(O)c2-c2nccs2)c1. The maximum Gasteiger partial charge on any atom is 0.174 e. The molecule has 0 fully saturated rings. The number of aromatic nitrogens is 1. The fourth-order valence-corrected chi connectivity index (χ4v) is 2.52. The van der Waals surface area contributed by atoms with Gasteiger partial charge in [0.05, 0.1) is 16.1 Å². The highest BCUT2D eigenvalue weighted by Crippen LogP contribution is 2.38. The van der Waals surface area contributed by atoms with Crippen LogP contribution in [-0.4, -0.2) is 15.2 Å². The van der Waals surface area contributed by atoms with Crippen molar-refractivity contribution in [2.75, 3.05) is 0 Å². The van der Waals surface area contributed by atoms with E-state index in [2.05, 4.69) is 15.5 Å². The van der Waals surface area contributed by atoms with E-state index in [0.29, 0.717) is 22.1 Å². The van der Waals surface area contributed by atoms with Crippen LogP contribution in [0.3, 0.4) is 0 Å². The lowest BCUT2D eigenvalue weighted by molar-refractivity contribution is 0.208. The Kier molecular flexibility index (Phi) is 4.34. The molecule has 3 aromatic rings. The Morgan fingerprint density at radius 1 is 1.00 bits per heavy atom. The summed E-state index contributed by atoms with van der Waals surface area (Å²) in [6.07, 6.45) is 1.63. The van der Waals surface area contributed by atoms with Crippen molar-refractivity contribution in [2.24, 2.45) is 10.6 Å². The number of hydrogen-bond acceptors (Lipinski definition) is 8. The van der Waals surface area contributed by atoms with E-state index < -0.39 is 0 Å².